The van der Waals surface area contributed by atoms with Crippen LogP contribution < -0.4 is 16.4 Å². The topological polar surface area (TPSA) is 201 Å². The van der Waals surface area contributed by atoms with Crippen molar-refractivity contribution in [1.82, 2.24) is 10.6 Å². The second-order valence-electron chi connectivity index (χ2n) is 9.07. The minimum Gasteiger partial charge on any atom is -0.461 e. The van der Waals surface area contributed by atoms with Crippen LogP contribution >= 0.6 is 0 Å². The SMILES string of the molecule is C=CCOC(=O)CCOCCOCCOCCOCCNC(=O)[C@H](Cc1ccccc1)NC(=O)[C@@H](N)CCC(=O)C=[N+]=[N-]. The Morgan fingerprint density at radius 3 is 2.09 bits per heavy atom. The van der Waals surface area contributed by atoms with Crippen molar-refractivity contribution < 1.29 is 47.7 Å². The van der Waals surface area contributed by atoms with Gasteiger partial charge in [0.05, 0.1) is 65.3 Å². The molecule has 0 aliphatic carbocycles. The second-order valence-corrected chi connectivity index (χ2v) is 9.07. The van der Waals surface area contributed by atoms with Crippen LogP contribution in [0.3, 0.4) is 0 Å². The third-order valence-electron chi connectivity index (χ3n) is 5.63. The number of benzene rings is 1. The van der Waals surface area contributed by atoms with Crippen molar-refractivity contribution in [3.05, 3.63) is 54.1 Å². The Bertz CT molecular complexity index is 1020. The summed E-state index contributed by atoms with van der Waals surface area (Å²) in [5.41, 5.74) is 15.2. The standard InChI is InChI=1S/C29H43N5O9/c1-2-12-43-27(36)10-13-39-15-17-41-19-20-42-18-16-40-14-11-32-29(38)26(21-23-6-4-3-5-7-23)34-28(37)25(30)9-8-24(35)22-33-31/h2-7,22,25-26H,1,8-21,30H2,(H,32,38)(H,34,37)/t25-,26-/m0/s1. The lowest BCUT2D eigenvalue weighted by atomic mass is 10.0. The molecule has 0 unspecified atom stereocenters. The van der Waals surface area contributed by atoms with Gasteiger partial charge in [0.2, 0.25) is 17.6 Å². The molecule has 2 amide bonds. The fraction of sp³-hybridized carbons (Fsp3) is 0.552. The molecule has 0 aromatic heterocycles. The fourth-order valence-corrected chi connectivity index (χ4v) is 3.41. The molecule has 1 aromatic rings. The third kappa shape index (κ3) is 19.9. The third-order valence-corrected chi connectivity index (χ3v) is 5.63. The van der Waals surface area contributed by atoms with Crippen molar-refractivity contribution in [2.24, 2.45) is 5.73 Å². The smallest absolute Gasteiger partial charge is 0.323 e. The zero-order valence-electron chi connectivity index (χ0n) is 24.4. The molecular weight excluding hydrogens is 562 g/mol. The molecule has 0 fully saturated rings. The largest absolute Gasteiger partial charge is 0.461 e. The summed E-state index contributed by atoms with van der Waals surface area (Å²) in [6.07, 6.45) is 2.62. The number of carbonyl (C=O) groups excluding carboxylic acids is 4. The summed E-state index contributed by atoms with van der Waals surface area (Å²) in [6, 6.07) is 7.29. The van der Waals surface area contributed by atoms with Crippen LogP contribution in [0.25, 0.3) is 5.53 Å². The van der Waals surface area contributed by atoms with Gasteiger partial charge in [-0.2, -0.15) is 4.79 Å². The molecule has 238 valence electrons. The molecular formula is C29H43N5O9. The van der Waals surface area contributed by atoms with E-state index in [1.54, 1.807) is 0 Å². The van der Waals surface area contributed by atoms with E-state index in [9.17, 15) is 19.2 Å². The summed E-state index contributed by atoms with van der Waals surface area (Å²) in [6.45, 7) is 6.52. The first kappa shape index (κ1) is 37.2. The first-order valence-electron chi connectivity index (χ1n) is 14.0. The molecule has 0 aliphatic rings. The number of amides is 2. The maximum atomic E-state index is 12.9. The molecule has 0 bridgehead atoms. The van der Waals surface area contributed by atoms with E-state index >= 15 is 0 Å². The number of rotatable bonds is 26. The van der Waals surface area contributed by atoms with E-state index in [0.29, 0.717) is 39.6 Å². The normalized spacial score (nSPS) is 11.9. The van der Waals surface area contributed by atoms with E-state index in [2.05, 4.69) is 22.0 Å². The van der Waals surface area contributed by atoms with Gasteiger partial charge < -0.3 is 45.6 Å². The van der Waals surface area contributed by atoms with Crippen LogP contribution in [-0.4, -0.2) is 113 Å². The van der Waals surface area contributed by atoms with Crippen LogP contribution in [0, 0.1) is 0 Å². The van der Waals surface area contributed by atoms with E-state index in [1.807, 2.05) is 30.3 Å². The predicted octanol–water partition coefficient (Wildman–Crippen LogP) is -0.00700. The van der Waals surface area contributed by atoms with Gasteiger partial charge in [-0.1, -0.05) is 43.0 Å². The Balaban J connectivity index is 2.21. The highest BCUT2D eigenvalue weighted by atomic mass is 16.6. The number of nitrogens with two attached hydrogens (primary N) is 1. The summed E-state index contributed by atoms with van der Waals surface area (Å²) < 4.78 is 26.4. The predicted molar refractivity (Wildman–Crippen MR) is 156 cm³/mol. The van der Waals surface area contributed by atoms with Gasteiger partial charge in [-0.05, 0) is 12.0 Å². The van der Waals surface area contributed by atoms with Gasteiger partial charge in [0.25, 0.3) is 0 Å². The molecule has 4 N–H and O–H groups in total. The zero-order chi connectivity index (χ0) is 31.5. The molecule has 1 aromatic carbocycles. The molecule has 0 spiro atoms. The number of hydrogen-bond acceptors (Lipinski definition) is 10. The molecule has 0 heterocycles. The number of esters is 1. The lowest BCUT2D eigenvalue weighted by Crippen LogP contribution is -2.53. The Morgan fingerprint density at radius 1 is 0.884 bits per heavy atom. The number of Topliss-reactive ketones (excluding diaryl/α,β-unsaturated/α-hetero) is 1. The van der Waals surface area contributed by atoms with E-state index in [1.165, 1.54) is 6.08 Å². The summed E-state index contributed by atoms with van der Waals surface area (Å²) in [7, 11) is 0. The lowest BCUT2D eigenvalue weighted by molar-refractivity contribution is -0.143. The number of ketones is 1. The average Bonchev–Trinajstić information content (AvgIpc) is 3.00. The molecule has 0 saturated carbocycles. The first-order chi connectivity index (χ1) is 20.9. The van der Waals surface area contributed by atoms with Crippen molar-refractivity contribution in [2.75, 3.05) is 66.0 Å². The molecule has 43 heavy (non-hydrogen) atoms. The van der Waals surface area contributed by atoms with E-state index < -0.39 is 29.7 Å². The van der Waals surface area contributed by atoms with Gasteiger partial charge >= 0.3 is 12.2 Å². The lowest BCUT2D eigenvalue weighted by Gasteiger charge is -2.21. The summed E-state index contributed by atoms with van der Waals surface area (Å²) in [4.78, 5) is 50.9. The van der Waals surface area contributed by atoms with Gasteiger partial charge in [-0.15, -0.1) is 0 Å². The molecule has 0 radical (unpaired) electrons. The van der Waals surface area contributed by atoms with Crippen molar-refractivity contribution >= 4 is 29.8 Å². The number of nitrogens with zero attached hydrogens (tertiary/aromatic N) is 2. The highest BCUT2D eigenvalue weighted by Crippen LogP contribution is 2.05. The maximum Gasteiger partial charge on any atom is 0.323 e. The molecule has 1 rings (SSSR count). The van der Waals surface area contributed by atoms with Crippen LogP contribution in [-0.2, 0) is 49.3 Å². The van der Waals surface area contributed by atoms with Gasteiger partial charge in [0.1, 0.15) is 12.6 Å². The van der Waals surface area contributed by atoms with Crippen LogP contribution in [0.4, 0.5) is 0 Å². The quantitative estimate of drug-likeness (QED) is 0.0322. The fourth-order valence-electron chi connectivity index (χ4n) is 3.41. The van der Waals surface area contributed by atoms with Crippen LogP contribution in [0.5, 0.6) is 0 Å². The number of ether oxygens (including phenoxy) is 5. The maximum absolute atomic E-state index is 12.9. The highest BCUT2D eigenvalue weighted by Gasteiger charge is 2.24. The number of carbonyl (C=O) groups is 4. The summed E-state index contributed by atoms with van der Waals surface area (Å²) >= 11 is 0. The van der Waals surface area contributed by atoms with E-state index in [-0.39, 0.29) is 58.0 Å². The van der Waals surface area contributed by atoms with E-state index in [4.69, 9.17) is 34.9 Å². The number of nitrogens with one attached hydrogen (secondary N) is 2. The molecule has 0 aliphatic heterocycles. The Hall–Kier alpha value is -3.78. The van der Waals surface area contributed by atoms with Crippen molar-refractivity contribution in [1.29, 1.82) is 0 Å². The van der Waals surface area contributed by atoms with Gasteiger partial charge in [0, 0.05) is 19.4 Å². The molecule has 14 nitrogen and oxygen atoms in total. The molecule has 2 atom stereocenters. The van der Waals surface area contributed by atoms with Crippen molar-refractivity contribution in [2.45, 2.75) is 37.8 Å². The first-order valence-corrected chi connectivity index (χ1v) is 14.0. The average molecular weight is 606 g/mol. The Morgan fingerprint density at radius 2 is 1.49 bits per heavy atom. The van der Waals surface area contributed by atoms with Crippen LogP contribution in [0.15, 0.2) is 43.0 Å². The van der Waals surface area contributed by atoms with Crippen molar-refractivity contribution in [3.8, 4) is 0 Å². The highest BCUT2D eigenvalue weighted by molar-refractivity contribution is 6.25. The summed E-state index contributed by atoms with van der Waals surface area (Å²) in [5, 5.41) is 5.41. The van der Waals surface area contributed by atoms with Crippen molar-refractivity contribution in [3.63, 3.8) is 0 Å². The second kappa shape index (κ2) is 24.8. The van der Waals surface area contributed by atoms with Gasteiger partial charge in [-0.3, -0.25) is 19.2 Å². The Kier molecular flexibility index (Phi) is 21.5. The van der Waals surface area contributed by atoms with Crippen LogP contribution in [0.1, 0.15) is 24.8 Å². The Labute approximate surface area is 251 Å². The van der Waals surface area contributed by atoms with Crippen LogP contribution in [0.2, 0.25) is 0 Å². The molecule has 14 heteroatoms. The van der Waals surface area contributed by atoms with Gasteiger partial charge in [0.15, 0.2) is 0 Å². The minimum atomic E-state index is -1.02. The van der Waals surface area contributed by atoms with E-state index in [0.717, 1.165) is 11.8 Å². The minimum absolute atomic E-state index is 0.0309. The number of hydrogen-bond donors (Lipinski definition) is 3. The molecule has 0 saturated heterocycles. The monoisotopic (exact) mass is 605 g/mol. The van der Waals surface area contributed by atoms with Gasteiger partial charge in [-0.25, -0.2) is 0 Å². The zero-order valence-corrected chi connectivity index (χ0v) is 24.4. The summed E-state index contributed by atoms with van der Waals surface area (Å²) in [5.74, 6) is -1.78.